The van der Waals surface area contributed by atoms with Gasteiger partial charge in [-0.05, 0) is 32.1 Å². The van der Waals surface area contributed by atoms with Crippen LogP contribution in [0.5, 0.6) is 0 Å². The van der Waals surface area contributed by atoms with E-state index >= 15 is 0 Å². The van der Waals surface area contributed by atoms with E-state index in [-0.39, 0.29) is 30.5 Å². The highest BCUT2D eigenvalue weighted by molar-refractivity contribution is 5.74. The fraction of sp³-hybridized carbons (Fsp3) is 0.867. The van der Waals surface area contributed by atoms with Gasteiger partial charge in [-0.25, -0.2) is 4.79 Å². The molecule has 1 aliphatic heterocycles. The molecule has 1 aliphatic rings. The molecular weight excluding hydrogens is 272 g/mol. The maximum Gasteiger partial charge on any atom is 0.317 e. The lowest BCUT2D eigenvalue weighted by atomic mass is 9.94. The van der Waals surface area contributed by atoms with Crippen LogP contribution in [-0.2, 0) is 9.53 Å². The Morgan fingerprint density at radius 1 is 1.38 bits per heavy atom. The van der Waals surface area contributed by atoms with Crippen LogP contribution in [0.15, 0.2) is 0 Å². The lowest BCUT2D eigenvalue weighted by molar-refractivity contribution is -0.138. The number of amides is 2. The molecule has 1 fully saturated rings. The van der Waals surface area contributed by atoms with Crippen LogP contribution in [0.25, 0.3) is 0 Å². The van der Waals surface area contributed by atoms with E-state index in [1.807, 2.05) is 13.8 Å². The Bertz CT molecular complexity index is 360. The zero-order valence-electron chi connectivity index (χ0n) is 13.5. The minimum absolute atomic E-state index is 0.0276. The lowest BCUT2D eigenvalue weighted by Gasteiger charge is -2.37. The number of carbonyl (C=O) groups is 2. The van der Waals surface area contributed by atoms with Crippen LogP contribution in [0.2, 0.25) is 0 Å². The number of hydrogen-bond donors (Lipinski definition) is 2. The molecule has 0 aliphatic carbocycles. The van der Waals surface area contributed by atoms with Crippen LogP contribution in [-0.4, -0.2) is 53.8 Å². The molecule has 0 radical (unpaired) electrons. The fourth-order valence-corrected chi connectivity index (χ4v) is 2.67. The predicted octanol–water partition coefficient (Wildman–Crippen LogP) is 1.94. The van der Waals surface area contributed by atoms with Gasteiger partial charge in [-0.2, -0.15) is 0 Å². The highest BCUT2D eigenvalue weighted by Crippen LogP contribution is 2.16. The Morgan fingerprint density at radius 2 is 2.05 bits per heavy atom. The molecule has 0 saturated carbocycles. The molecule has 3 atom stereocenters. The van der Waals surface area contributed by atoms with Crippen LogP contribution in [0.3, 0.4) is 0 Å². The molecule has 1 saturated heterocycles. The molecule has 2 N–H and O–H groups in total. The number of urea groups is 1. The van der Waals surface area contributed by atoms with Gasteiger partial charge in [0, 0.05) is 19.5 Å². The molecule has 6 heteroatoms. The van der Waals surface area contributed by atoms with Crippen molar-refractivity contribution in [2.24, 2.45) is 11.8 Å². The highest BCUT2D eigenvalue weighted by Gasteiger charge is 2.28. The molecule has 0 bridgehead atoms. The number of aliphatic carboxylic acids is 1. The topological polar surface area (TPSA) is 78.9 Å². The monoisotopic (exact) mass is 300 g/mol. The second-order valence-electron chi connectivity index (χ2n) is 6.42. The van der Waals surface area contributed by atoms with Crippen LogP contribution < -0.4 is 5.32 Å². The van der Waals surface area contributed by atoms with E-state index in [1.54, 1.807) is 4.90 Å². The standard InChI is InChI=1S/C15H28N2O4/c1-10(2)5-13(6-14(18)19)7-16-15(20)17-8-12(4)21-9-11(17)3/h10-13H,5-9H2,1-4H3,(H,16,20)(H,18,19)/t11?,12?,13-/m0/s1. The van der Waals surface area contributed by atoms with Crippen LogP contribution in [0, 0.1) is 11.8 Å². The minimum Gasteiger partial charge on any atom is -0.481 e. The highest BCUT2D eigenvalue weighted by atomic mass is 16.5. The Hall–Kier alpha value is -1.30. The number of morpholine rings is 1. The first-order chi connectivity index (χ1) is 9.79. The summed E-state index contributed by atoms with van der Waals surface area (Å²) in [6.07, 6.45) is 0.923. The summed E-state index contributed by atoms with van der Waals surface area (Å²) in [5.41, 5.74) is 0. The van der Waals surface area contributed by atoms with Gasteiger partial charge >= 0.3 is 12.0 Å². The zero-order chi connectivity index (χ0) is 16.0. The zero-order valence-corrected chi connectivity index (χ0v) is 13.5. The Kier molecular flexibility index (Phi) is 6.95. The molecule has 0 aromatic heterocycles. The van der Waals surface area contributed by atoms with Crippen molar-refractivity contribution in [1.29, 1.82) is 0 Å². The van der Waals surface area contributed by atoms with E-state index in [1.165, 1.54) is 0 Å². The van der Waals surface area contributed by atoms with Crippen LogP contribution in [0.4, 0.5) is 4.79 Å². The van der Waals surface area contributed by atoms with Gasteiger partial charge in [-0.3, -0.25) is 4.79 Å². The summed E-state index contributed by atoms with van der Waals surface area (Å²) in [7, 11) is 0. The van der Waals surface area contributed by atoms with E-state index in [2.05, 4.69) is 19.2 Å². The minimum atomic E-state index is -0.816. The summed E-state index contributed by atoms with van der Waals surface area (Å²) in [6.45, 7) is 9.53. The van der Waals surface area contributed by atoms with Crippen LogP contribution >= 0.6 is 0 Å². The quantitative estimate of drug-likeness (QED) is 0.786. The summed E-state index contributed by atoms with van der Waals surface area (Å²) >= 11 is 0. The van der Waals surface area contributed by atoms with Crippen molar-refractivity contribution >= 4 is 12.0 Å². The second-order valence-corrected chi connectivity index (χ2v) is 6.42. The van der Waals surface area contributed by atoms with Gasteiger partial charge in [0.15, 0.2) is 0 Å². The Morgan fingerprint density at radius 3 is 2.62 bits per heavy atom. The number of hydrogen-bond acceptors (Lipinski definition) is 3. The van der Waals surface area contributed by atoms with Gasteiger partial charge < -0.3 is 20.1 Å². The summed E-state index contributed by atoms with van der Waals surface area (Å²) < 4.78 is 5.50. The normalized spacial score (nSPS) is 24.0. The van der Waals surface area contributed by atoms with E-state index in [0.29, 0.717) is 25.6 Å². The molecule has 0 aromatic carbocycles. The Labute approximate surface area is 126 Å². The maximum absolute atomic E-state index is 12.2. The van der Waals surface area contributed by atoms with E-state index < -0.39 is 5.97 Å². The SMILES string of the molecule is CC(C)C[C@H](CNC(=O)N1CC(C)OCC1C)CC(=O)O. The molecular formula is C15H28N2O4. The average molecular weight is 300 g/mol. The van der Waals surface area contributed by atoms with E-state index in [0.717, 1.165) is 6.42 Å². The van der Waals surface area contributed by atoms with Gasteiger partial charge in [0.05, 0.1) is 18.8 Å². The smallest absolute Gasteiger partial charge is 0.317 e. The van der Waals surface area contributed by atoms with Crippen molar-refractivity contribution in [2.45, 2.75) is 52.7 Å². The first-order valence-corrected chi connectivity index (χ1v) is 7.67. The third kappa shape index (κ3) is 6.33. The van der Waals surface area contributed by atoms with Crippen molar-refractivity contribution < 1.29 is 19.4 Å². The largest absolute Gasteiger partial charge is 0.481 e. The summed E-state index contributed by atoms with van der Waals surface area (Å²) in [5.74, 6) is -0.433. The number of carboxylic acid groups (broad SMARTS) is 1. The molecule has 6 nitrogen and oxygen atoms in total. The maximum atomic E-state index is 12.2. The van der Waals surface area contributed by atoms with Crippen molar-refractivity contribution in [2.75, 3.05) is 19.7 Å². The number of rotatable bonds is 6. The summed E-state index contributed by atoms with van der Waals surface area (Å²) in [4.78, 5) is 24.9. The number of nitrogens with zero attached hydrogens (tertiary/aromatic N) is 1. The van der Waals surface area contributed by atoms with Gasteiger partial charge in [0.2, 0.25) is 0 Å². The first-order valence-electron chi connectivity index (χ1n) is 7.67. The molecule has 2 unspecified atom stereocenters. The average Bonchev–Trinajstić information content (AvgIpc) is 2.37. The predicted molar refractivity (Wildman–Crippen MR) is 80.2 cm³/mol. The van der Waals surface area contributed by atoms with Gasteiger partial charge in [-0.15, -0.1) is 0 Å². The van der Waals surface area contributed by atoms with Crippen LogP contribution in [0.1, 0.15) is 40.5 Å². The number of nitrogens with one attached hydrogen (secondary N) is 1. The molecule has 0 spiro atoms. The molecule has 0 aromatic rings. The van der Waals surface area contributed by atoms with Crippen molar-refractivity contribution in [3.8, 4) is 0 Å². The van der Waals surface area contributed by atoms with Gasteiger partial charge in [-0.1, -0.05) is 13.8 Å². The van der Waals surface area contributed by atoms with Crippen molar-refractivity contribution in [3.63, 3.8) is 0 Å². The van der Waals surface area contributed by atoms with Crippen molar-refractivity contribution in [1.82, 2.24) is 10.2 Å². The third-order valence-corrected chi connectivity index (χ3v) is 3.68. The summed E-state index contributed by atoms with van der Waals surface area (Å²) in [6, 6.07) is -0.0824. The van der Waals surface area contributed by atoms with Gasteiger partial charge in [0.1, 0.15) is 0 Å². The van der Waals surface area contributed by atoms with Gasteiger partial charge in [0.25, 0.3) is 0 Å². The van der Waals surface area contributed by atoms with Crippen molar-refractivity contribution in [3.05, 3.63) is 0 Å². The molecule has 1 heterocycles. The van der Waals surface area contributed by atoms with E-state index in [4.69, 9.17) is 9.84 Å². The molecule has 1 rings (SSSR count). The molecule has 2 amide bonds. The number of carboxylic acids is 1. The fourth-order valence-electron chi connectivity index (χ4n) is 2.67. The Balaban J connectivity index is 2.49. The summed E-state index contributed by atoms with van der Waals surface area (Å²) in [5, 5.41) is 11.8. The molecule has 122 valence electrons. The lowest BCUT2D eigenvalue weighted by Crippen LogP contribution is -2.54. The number of carbonyl (C=O) groups excluding carboxylic acids is 1. The number of ether oxygens (including phenoxy) is 1. The first kappa shape index (κ1) is 17.8. The molecule has 21 heavy (non-hydrogen) atoms. The third-order valence-electron chi connectivity index (χ3n) is 3.68. The van der Waals surface area contributed by atoms with E-state index in [9.17, 15) is 9.59 Å². The second kappa shape index (κ2) is 8.22.